The van der Waals surface area contributed by atoms with Gasteiger partial charge in [-0.25, -0.2) is 0 Å². The number of aliphatic carboxylic acids is 1. The number of carbonyl (C=O) groups excluding carboxylic acids is 1. The summed E-state index contributed by atoms with van der Waals surface area (Å²) in [4.78, 5) is 23.8. The second-order valence-corrected chi connectivity index (χ2v) is 7.26. The Morgan fingerprint density at radius 3 is 2.57 bits per heavy atom. The van der Waals surface area contributed by atoms with Gasteiger partial charge in [-0.2, -0.15) is 0 Å². The molecule has 1 heterocycles. The lowest BCUT2D eigenvalue weighted by atomic mass is 9.64. The minimum atomic E-state index is -0.922. The Hall–Kier alpha value is -1.12. The molecule has 0 aromatic carbocycles. The Morgan fingerprint density at radius 2 is 2.09 bits per heavy atom. The highest BCUT2D eigenvalue weighted by Gasteiger charge is 2.50. The van der Waals surface area contributed by atoms with Gasteiger partial charge in [-0.1, -0.05) is 34.0 Å². The van der Waals surface area contributed by atoms with E-state index in [2.05, 4.69) is 10.6 Å². The van der Waals surface area contributed by atoms with Gasteiger partial charge in [0, 0.05) is 18.0 Å². The van der Waals surface area contributed by atoms with Crippen LogP contribution in [0.4, 0.5) is 0 Å². The normalized spacial score (nSPS) is 28.7. The number of carbonyl (C=O) groups is 2. The third-order valence-corrected chi connectivity index (χ3v) is 4.90. The Morgan fingerprint density at radius 1 is 1.48 bits per heavy atom. The first kappa shape index (κ1) is 19.9. The Kier molecular flexibility index (Phi) is 7.04. The molecule has 0 aromatic heterocycles. The average molecular weight is 327 g/mol. The van der Waals surface area contributed by atoms with Crippen LogP contribution in [-0.2, 0) is 9.59 Å². The molecule has 4 atom stereocenters. The van der Waals surface area contributed by atoms with Crippen molar-refractivity contribution in [3.63, 3.8) is 0 Å². The molecule has 1 rings (SSSR count). The van der Waals surface area contributed by atoms with E-state index in [1.54, 1.807) is 6.82 Å². The zero-order chi connectivity index (χ0) is 17.8. The molecular formula is C15H30BN3O4. The van der Waals surface area contributed by atoms with Crippen LogP contribution in [0.3, 0.4) is 0 Å². The van der Waals surface area contributed by atoms with E-state index in [0.29, 0.717) is 25.7 Å². The highest BCUT2D eigenvalue weighted by molar-refractivity contribution is 6.48. The summed E-state index contributed by atoms with van der Waals surface area (Å²) in [6.07, 6.45) is 1.90. The predicted molar refractivity (Wildman–Crippen MR) is 90.2 cm³/mol. The zero-order valence-corrected chi connectivity index (χ0v) is 14.5. The summed E-state index contributed by atoms with van der Waals surface area (Å²) < 4.78 is 0. The fourth-order valence-electron chi connectivity index (χ4n) is 3.16. The molecule has 0 spiro atoms. The number of hydrogen-bond acceptors (Lipinski definition) is 5. The second kappa shape index (κ2) is 8.12. The molecular weight excluding hydrogens is 297 g/mol. The first-order valence-electron chi connectivity index (χ1n) is 8.29. The quantitative estimate of drug-likeness (QED) is 0.397. The van der Waals surface area contributed by atoms with Gasteiger partial charge in [-0.15, -0.1) is 0 Å². The molecule has 23 heavy (non-hydrogen) atoms. The van der Waals surface area contributed by atoms with Gasteiger partial charge in [0.2, 0.25) is 5.91 Å². The smallest absolute Gasteiger partial charge is 0.321 e. The van der Waals surface area contributed by atoms with E-state index in [0.717, 1.165) is 0 Å². The molecule has 6 N–H and O–H groups in total. The molecule has 0 saturated carbocycles. The van der Waals surface area contributed by atoms with Crippen molar-refractivity contribution in [1.29, 1.82) is 0 Å². The molecule has 0 radical (unpaired) electrons. The SMILES string of the molecule is CB(O)CCCC1(C)C(NC(=O)C(N)C(C)C)CNC1C(=O)O. The van der Waals surface area contributed by atoms with E-state index in [-0.39, 0.29) is 17.9 Å². The molecule has 4 unspecified atom stereocenters. The van der Waals surface area contributed by atoms with Crippen molar-refractivity contribution in [2.75, 3.05) is 6.54 Å². The highest BCUT2D eigenvalue weighted by atomic mass is 16.4. The third-order valence-electron chi connectivity index (χ3n) is 4.90. The highest BCUT2D eigenvalue weighted by Crippen LogP contribution is 2.37. The first-order valence-corrected chi connectivity index (χ1v) is 8.29. The summed E-state index contributed by atoms with van der Waals surface area (Å²) in [5, 5.41) is 24.8. The van der Waals surface area contributed by atoms with Crippen LogP contribution in [0.5, 0.6) is 0 Å². The van der Waals surface area contributed by atoms with Crippen LogP contribution < -0.4 is 16.4 Å². The van der Waals surface area contributed by atoms with Crippen LogP contribution in [0.15, 0.2) is 0 Å². The standard InChI is InChI=1S/C15H30BN3O4/c1-9(2)11(17)13(20)19-10-8-18-12(14(21)22)15(10,3)6-5-7-16(4)23/h9-12,18,23H,5-8,17H2,1-4H3,(H,19,20)(H,21,22). The van der Waals surface area contributed by atoms with Gasteiger partial charge in [0.05, 0.1) is 6.04 Å². The van der Waals surface area contributed by atoms with Crippen LogP contribution in [0.2, 0.25) is 13.1 Å². The van der Waals surface area contributed by atoms with Crippen LogP contribution in [0, 0.1) is 11.3 Å². The van der Waals surface area contributed by atoms with Crippen LogP contribution in [-0.4, -0.2) is 53.6 Å². The van der Waals surface area contributed by atoms with Crippen LogP contribution in [0.25, 0.3) is 0 Å². The van der Waals surface area contributed by atoms with E-state index in [1.807, 2.05) is 20.8 Å². The first-order chi connectivity index (χ1) is 10.6. The Labute approximate surface area is 138 Å². The number of rotatable bonds is 8. The molecule has 1 amide bonds. The Balaban J connectivity index is 2.83. The predicted octanol–water partition coefficient (Wildman–Crippen LogP) is -0.0890. The number of nitrogens with one attached hydrogen (secondary N) is 2. The lowest BCUT2D eigenvalue weighted by Crippen LogP contribution is -2.54. The lowest BCUT2D eigenvalue weighted by molar-refractivity contribution is -0.142. The summed E-state index contributed by atoms with van der Waals surface area (Å²) in [6, 6.07) is -1.63. The maximum atomic E-state index is 12.2. The number of carboxylic acids is 1. The van der Waals surface area contributed by atoms with Crippen molar-refractivity contribution < 1.29 is 19.7 Å². The maximum Gasteiger partial charge on any atom is 0.321 e. The van der Waals surface area contributed by atoms with Gasteiger partial charge in [-0.3, -0.25) is 9.59 Å². The van der Waals surface area contributed by atoms with Gasteiger partial charge in [-0.05, 0) is 18.7 Å². The minimum Gasteiger partial charge on any atom is -0.480 e. The van der Waals surface area contributed by atoms with E-state index in [4.69, 9.17) is 5.73 Å². The molecule has 7 nitrogen and oxygen atoms in total. The summed E-state index contributed by atoms with van der Waals surface area (Å²) in [6.45, 7) is 7.32. The molecule has 8 heteroatoms. The van der Waals surface area contributed by atoms with Crippen molar-refractivity contribution >= 4 is 18.8 Å². The fraction of sp³-hybridized carbons (Fsp3) is 0.867. The largest absolute Gasteiger partial charge is 0.480 e. The summed E-state index contributed by atoms with van der Waals surface area (Å²) in [5.41, 5.74) is 5.26. The van der Waals surface area contributed by atoms with Crippen molar-refractivity contribution in [1.82, 2.24) is 10.6 Å². The van der Waals surface area contributed by atoms with E-state index < -0.39 is 30.4 Å². The van der Waals surface area contributed by atoms with Crippen LogP contribution in [0.1, 0.15) is 33.6 Å². The van der Waals surface area contributed by atoms with Gasteiger partial charge < -0.3 is 26.5 Å². The second-order valence-electron chi connectivity index (χ2n) is 7.26. The minimum absolute atomic E-state index is 0.0149. The average Bonchev–Trinajstić information content (AvgIpc) is 2.74. The van der Waals surface area contributed by atoms with Gasteiger partial charge in [0.25, 0.3) is 6.92 Å². The van der Waals surface area contributed by atoms with Crippen LogP contribution >= 0.6 is 0 Å². The fourth-order valence-corrected chi connectivity index (χ4v) is 3.16. The summed E-state index contributed by atoms with van der Waals surface area (Å²) in [5.74, 6) is -1.16. The molecule has 0 bridgehead atoms. The number of nitrogens with two attached hydrogens (primary N) is 1. The molecule has 1 fully saturated rings. The molecule has 0 aliphatic carbocycles. The molecule has 0 aromatic rings. The lowest BCUT2D eigenvalue weighted by Gasteiger charge is -2.35. The van der Waals surface area contributed by atoms with Gasteiger partial charge in [0.15, 0.2) is 0 Å². The van der Waals surface area contributed by atoms with E-state index in [1.165, 1.54) is 0 Å². The van der Waals surface area contributed by atoms with E-state index in [9.17, 15) is 19.7 Å². The number of hydrogen-bond donors (Lipinski definition) is 5. The molecule has 1 aliphatic rings. The molecule has 132 valence electrons. The van der Waals surface area contributed by atoms with Gasteiger partial charge >= 0.3 is 5.97 Å². The third kappa shape index (κ3) is 4.93. The van der Waals surface area contributed by atoms with E-state index >= 15 is 0 Å². The number of carboxylic acid groups (broad SMARTS) is 1. The zero-order valence-electron chi connectivity index (χ0n) is 14.5. The van der Waals surface area contributed by atoms with Crippen molar-refractivity contribution in [3.05, 3.63) is 0 Å². The molecule has 1 aliphatic heterocycles. The topological polar surface area (TPSA) is 125 Å². The monoisotopic (exact) mass is 327 g/mol. The Bertz CT molecular complexity index is 433. The van der Waals surface area contributed by atoms with Gasteiger partial charge in [0.1, 0.15) is 6.04 Å². The van der Waals surface area contributed by atoms with Crippen molar-refractivity contribution in [2.45, 2.75) is 64.9 Å². The maximum absolute atomic E-state index is 12.2. The summed E-state index contributed by atoms with van der Waals surface area (Å²) in [7, 11) is 0. The van der Waals surface area contributed by atoms with Crippen molar-refractivity contribution in [2.24, 2.45) is 17.1 Å². The summed E-state index contributed by atoms with van der Waals surface area (Å²) >= 11 is 0. The molecule has 1 saturated heterocycles. The van der Waals surface area contributed by atoms with Crippen molar-refractivity contribution in [3.8, 4) is 0 Å². The number of amides is 1.